The summed E-state index contributed by atoms with van der Waals surface area (Å²) in [4.78, 5) is 97.2. The van der Waals surface area contributed by atoms with Gasteiger partial charge in [-0.2, -0.15) is 9.98 Å². The molecule has 0 radical (unpaired) electrons. The molecule has 0 atom stereocenters. The summed E-state index contributed by atoms with van der Waals surface area (Å²) in [5.41, 5.74) is -4.28. The Morgan fingerprint density at radius 3 is 0.436 bits per heavy atom. The summed E-state index contributed by atoms with van der Waals surface area (Å²) in [6.07, 6.45) is 1.56. The molecule has 18 heteroatoms. The zero-order valence-electron chi connectivity index (χ0n) is 84.4. The number of carbonyl (C=O) groups excluding carboxylic acids is 5. The van der Waals surface area contributed by atoms with Crippen molar-refractivity contribution < 1.29 is 24.0 Å². The predicted molar refractivity (Wildman–Crippen MR) is 483 cm³/mol. The molecule has 0 aromatic rings. The van der Waals surface area contributed by atoms with Gasteiger partial charge in [-0.15, -0.1) is 0 Å². The highest BCUT2D eigenvalue weighted by Gasteiger charge is 2.43. The Labute approximate surface area is 683 Å². The lowest BCUT2D eigenvalue weighted by molar-refractivity contribution is -0.128. The first kappa shape index (κ1) is 114. The lowest BCUT2D eigenvalue weighted by Gasteiger charge is -2.48. The van der Waals surface area contributed by atoms with Crippen LogP contribution in [0.15, 0.2) is 25.0 Å². The predicted octanol–water partition coefficient (Wildman–Crippen LogP) is 23.2. The summed E-state index contributed by atoms with van der Waals surface area (Å²) in [7, 11) is 0. The average molecular weight is 1560 g/mol. The van der Waals surface area contributed by atoms with Crippen LogP contribution in [0.5, 0.6) is 0 Å². The van der Waals surface area contributed by atoms with Crippen molar-refractivity contribution in [3.8, 4) is 0 Å². The number of amidine groups is 2. The molecule has 0 fully saturated rings. The Balaban J connectivity index is -0.000000418. The molecule has 0 unspecified atom stereocenters. The van der Waals surface area contributed by atoms with E-state index < -0.39 is 27.1 Å². The van der Waals surface area contributed by atoms with Crippen LogP contribution in [0, 0.1) is 37.9 Å². The monoisotopic (exact) mass is 1550 g/mol. The van der Waals surface area contributed by atoms with Gasteiger partial charge in [0.15, 0.2) is 0 Å². The minimum atomic E-state index is -0.458. The molecular formula is C92H187N13O5. The maximum Gasteiger partial charge on any atom is 0.252 e. The van der Waals surface area contributed by atoms with Crippen molar-refractivity contribution in [2.45, 2.75) is 500 Å². The van der Waals surface area contributed by atoms with Crippen LogP contribution in [0.3, 0.4) is 0 Å². The van der Waals surface area contributed by atoms with E-state index in [1.165, 1.54) is 0 Å². The second kappa shape index (κ2) is 38.2. The molecule has 0 heterocycles. The van der Waals surface area contributed by atoms with Gasteiger partial charge in [-0.1, -0.05) is 145 Å². The van der Waals surface area contributed by atoms with Crippen LogP contribution in [-0.4, -0.2) is 156 Å². The van der Waals surface area contributed by atoms with Crippen LogP contribution in [0.25, 0.3) is 0 Å². The molecule has 0 aromatic carbocycles. The number of carbonyl (C=O) groups is 5. The Hall–Kier alpha value is -4.90. The highest BCUT2D eigenvalue weighted by molar-refractivity contribution is 6.02. The molecule has 0 bridgehead atoms. The minimum Gasteiger partial charge on any atom is -0.350 e. The van der Waals surface area contributed by atoms with Crippen LogP contribution in [0.2, 0.25) is 0 Å². The van der Waals surface area contributed by atoms with Gasteiger partial charge in [-0.3, -0.25) is 39.9 Å². The third-order valence-corrected chi connectivity index (χ3v) is 15.0. The van der Waals surface area contributed by atoms with E-state index in [9.17, 15) is 24.0 Å². The molecule has 0 spiro atoms. The molecule has 5 amide bonds. The van der Waals surface area contributed by atoms with Gasteiger partial charge in [0.25, 0.3) is 11.8 Å². The van der Waals surface area contributed by atoms with Crippen LogP contribution in [0.4, 0.5) is 0 Å². The fourth-order valence-corrected chi connectivity index (χ4v) is 12.6. The summed E-state index contributed by atoms with van der Waals surface area (Å²) in [5, 5.41) is 9.19. The number of hydrogen-bond acceptors (Lipinski definition) is 8. The molecular weight excluding hydrogens is 1370 g/mol. The van der Waals surface area contributed by atoms with E-state index in [2.05, 4.69) is 300 Å². The summed E-state index contributed by atoms with van der Waals surface area (Å²) < 4.78 is 0. The van der Waals surface area contributed by atoms with E-state index in [0.717, 1.165) is 24.5 Å². The van der Waals surface area contributed by atoms with Gasteiger partial charge in [0, 0.05) is 95.3 Å². The van der Waals surface area contributed by atoms with Crippen LogP contribution in [0.1, 0.15) is 428 Å². The molecule has 3 N–H and O–H groups in total. The van der Waals surface area contributed by atoms with Crippen molar-refractivity contribution in [2.24, 2.45) is 62.9 Å². The lowest BCUT2D eigenvalue weighted by atomic mass is 9.87. The molecule has 0 rings (SSSR count). The summed E-state index contributed by atoms with van der Waals surface area (Å²) >= 11 is 0. The number of aliphatic imine (C=N–C) groups is 5. The van der Waals surface area contributed by atoms with E-state index in [1.54, 1.807) is 0 Å². The van der Waals surface area contributed by atoms with Gasteiger partial charge in [0.05, 0.1) is 16.6 Å². The summed E-state index contributed by atoms with van der Waals surface area (Å²) in [5.74, 6) is 3.57. The van der Waals surface area contributed by atoms with Crippen molar-refractivity contribution in [3.63, 3.8) is 0 Å². The van der Waals surface area contributed by atoms with E-state index in [1.807, 2.05) is 166 Å². The van der Waals surface area contributed by atoms with Crippen molar-refractivity contribution in [1.82, 2.24) is 40.4 Å². The zero-order valence-corrected chi connectivity index (χ0v) is 84.4. The van der Waals surface area contributed by atoms with Gasteiger partial charge in [0.1, 0.15) is 11.7 Å². The standard InChI is InChI=1S/2C19H38N2O.3C18H37N3O/c2*1-16(2,3)13-14(20-15(22)17(4,5)6)21(18(7,8)9)19(10,11)12;3*1-15(2,3)13(22)19-14(20-16(4,5)6)21(17(7,8)9)18(10,11)12/h2*13H2,1-12H3;3*1-12H3,(H,19,20,22). The molecule has 0 aliphatic rings. The molecule has 0 aromatic heterocycles. The average Bonchev–Trinajstić information content (AvgIpc) is 0.816. The first-order valence-corrected chi connectivity index (χ1v) is 40.8. The minimum absolute atomic E-state index is 0.0194. The number of nitrogens with one attached hydrogen (secondary N) is 3. The van der Waals surface area contributed by atoms with Crippen LogP contribution >= 0.6 is 0 Å². The fraction of sp³-hybridized carbons (Fsp3) is 0.891. The van der Waals surface area contributed by atoms with E-state index in [4.69, 9.17) is 15.0 Å². The number of rotatable bonds is 2. The molecule has 0 aliphatic heterocycles. The quantitative estimate of drug-likeness (QED) is 0.177. The van der Waals surface area contributed by atoms with Crippen molar-refractivity contribution >= 4 is 59.1 Å². The van der Waals surface area contributed by atoms with Crippen molar-refractivity contribution in [1.29, 1.82) is 0 Å². The summed E-state index contributed by atoms with van der Waals surface area (Å²) in [6.45, 7) is 125. The van der Waals surface area contributed by atoms with Gasteiger partial charge in [-0.25, -0.2) is 15.0 Å². The molecule has 18 nitrogen and oxygen atoms in total. The zero-order chi connectivity index (χ0) is 90.7. The molecule has 0 saturated heterocycles. The van der Waals surface area contributed by atoms with Gasteiger partial charge < -0.3 is 24.5 Å². The Morgan fingerprint density at radius 2 is 0.345 bits per heavy atom. The first-order chi connectivity index (χ1) is 46.8. The highest BCUT2D eigenvalue weighted by atomic mass is 16.2. The Morgan fingerprint density at radius 1 is 0.209 bits per heavy atom. The van der Waals surface area contributed by atoms with E-state index >= 15 is 0 Å². The number of nitrogens with zero attached hydrogens (tertiary/aromatic N) is 10. The fourth-order valence-electron chi connectivity index (χ4n) is 12.6. The maximum atomic E-state index is 12.5. The van der Waals surface area contributed by atoms with E-state index in [0.29, 0.717) is 17.9 Å². The number of hydrogen-bond donors (Lipinski definition) is 3. The second-order valence-corrected chi connectivity index (χ2v) is 51.0. The largest absolute Gasteiger partial charge is 0.350 e. The molecule has 0 saturated carbocycles. The highest BCUT2D eigenvalue weighted by Crippen LogP contribution is 2.36. The first-order valence-electron chi connectivity index (χ1n) is 40.8. The van der Waals surface area contributed by atoms with Crippen LogP contribution in [-0.2, 0) is 24.0 Å². The van der Waals surface area contributed by atoms with E-state index in [-0.39, 0.29) is 112 Å². The third kappa shape index (κ3) is 47.7. The topological polar surface area (TPSA) is 199 Å². The normalized spacial score (nSPS) is 14.9. The van der Waals surface area contributed by atoms with Gasteiger partial charge >= 0.3 is 0 Å². The van der Waals surface area contributed by atoms with Gasteiger partial charge in [0.2, 0.25) is 35.6 Å². The SMILES string of the molecule is CC(C)(C)CC(=NC(=O)C(C)(C)C)N(C(C)(C)C)C(C)(C)C.CC(C)(C)CC(=NC(=O)C(C)(C)C)N(C(C)(C)C)C(C)(C)C.CC(C)(C)N=C(NC(=O)C(C)(C)C)N(C(C)(C)C)C(C)(C)C.CC(C)(C)N=C(NC(=O)C(C)(C)C)N(C(C)(C)C)C(C)(C)C.CC(C)(C)N=C(NC(=O)C(C)(C)C)N(C(C)(C)C)C(C)(C)C. The maximum absolute atomic E-state index is 12.5. The molecule has 650 valence electrons. The molecule has 0 aliphatic carbocycles. The summed E-state index contributed by atoms with van der Waals surface area (Å²) in [6, 6.07) is 0. The second-order valence-electron chi connectivity index (χ2n) is 51.0. The lowest BCUT2D eigenvalue weighted by Crippen LogP contribution is -2.61. The Bertz CT molecular complexity index is 2730. The Kier molecular flexibility index (Phi) is 39.5. The van der Waals surface area contributed by atoms with Gasteiger partial charge in [-0.05, 0) is 281 Å². The van der Waals surface area contributed by atoms with Crippen molar-refractivity contribution in [3.05, 3.63) is 0 Å². The smallest absolute Gasteiger partial charge is 0.252 e. The third-order valence-electron chi connectivity index (χ3n) is 15.0. The van der Waals surface area contributed by atoms with Crippen molar-refractivity contribution in [2.75, 3.05) is 0 Å². The number of amides is 5. The molecule has 110 heavy (non-hydrogen) atoms. The van der Waals surface area contributed by atoms with Crippen LogP contribution < -0.4 is 16.0 Å². The number of guanidine groups is 3.